The molecule has 2 aromatic carbocycles. The van der Waals surface area contributed by atoms with E-state index in [1.165, 1.54) is 17.3 Å². The summed E-state index contributed by atoms with van der Waals surface area (Å²) >= 11 is 6.63. The third kappa shape index (κ3) is 6.30. The van der Waals surface area contributed by atoms with Crippen LogP contribution in [0.1, 0.15) is 11.1 Å². The predicted octanol–water partition coefficient (Wildman–Crippen LogP) is 2.78. The Balaban J connectivity index is 1.66. The number of benzene rings is 2. The van der Waals surface area contributed by atoms with Crippen molar-refractivity contribution in [2.45, 2.75) is 18.4 Å². The quantitative estimate of drug-likeness (QED) is 0.442. The minimum Gasteiger partial charge on any atom is -0.357 e. The first-order valence-electron chi connectivity index (χ1n) is 7.20. The van der Waals surface area contributed by atoms with Gasteiger partial charge in [-0.1, -0.05) is 48.5 Å². The van der Waals surface area contributed by atoms with E-state index in [9.17, 15) is 4.79 Å². The molecular weight excluding hydrogens is 326 g/mol. The number of aryl methyl sites for hydroxylation is 1. The molecule has 2 aromatic rings. The van der Waals surface area contributed by atoms with Gasteiger partial charge in [0, 0.05) is 11.4 Å². The molecule has 0 aliphatic rings. The van der Waals surface area contributed by atoms with Gasteiger partial charge in [0.05, 0.1) is 5.75 Å². The molecule has 3 N–H and O–H groups in total. The molecule has 23 heavy (non-hydrogen) atoms. The maximum absolute atomic E-state index is 11.8. The van der Waals surface area contributed by atoms with Crippen LogP contribution in [0.25, 0.3) is 0 Å². The minimum absolute atomic E-state index is 0.123. The number of carbonyl (C=O) groups excluding carboxylic acids is 1. The molecule has 0 aromatic heterocycles. The highest BCUT2D eigenvalue weighted by Gasteiger charge is 2.05. The average Bonchev–Trinajstić information content (AvgIpc) is 2.58. The lowest BCUT2D eigenvalue weighted by Crippen LogP contribution is -2.47. The zero-order chi connectivity index (χ0) is 16.5. The van der Waals surface area contributed by atoms with E-state index in [0.29, 0.717) is 17.4 Å². The van der Waals surface area contributed by atoms with Crippen LogP contribution in [0.5, 0.6) is 0 Å². The molecule has 120 valence electrons. The van der Waals surface area contributed by atoms with E-state index >= 15 is 0 Å². The van der Waals surface area contributed by atoms with Gasteiger partial charge in [0.1, 0.15) is 0 Å². The maximum atomic E-state index is 11.8. The fourth-order valence-corrected chi connectivity index (χ4v) is 2.80. The molecule has 0 spiro atoms. The highest BCUT2D eigenvalue weighted by Crippen LogP contribution is 2.21. The molecule has 0 aliphatic heterocycles. The van der Waals surface area contributed by atoms with Gasteiger partial charge >= 0.3 is 0 Å². The normalized spacial score (nSPS) is 9.96. The van der Waals surface area contributed by atoms with Crippen LogP contribution in [0, 0.1) is 6.92 Å². The number of carbonyl (C=O) groups is 1. The number of rotatable bonds is 5. The first-order chi connectivity index (χ1) is 11.1. The van der Waals surface area contributed by atoms with E-state index in [1.807, 2.05) is 61.5 Å². The third-order valence-electron chi connectivity index (χ3n) is 3.06. The first kappa shape index (κ1) is 17.3. The molecule has 1 amide bonds. The van der Waals surface area contributed by atoms with Crippen LogP contribution in [0.2, 0.25) is 0 Å². The van der Waals surface area contributed by atoms with Gasteiger partial charge in [0.2, 0.25) is 5.91 Å². The largest absolute Gasteiger partial charge is 0.357 e. The number of hydrogen-bond donors (Lipinski definition) is 3. The number of hydrogen-bond acceptors (Lipinski definition) is 3. The van der Waals surface area contributed by atoms with E-state index in [0.717, 1.165) is 10.5 Å². The molecule has 6 heteroatoms. The number of hydrazine groups is 1. The summed E-state index contributed by atoms with van der Waals surface area (Å²) in [5.41, 5.74) is 7.59. The molecule has 0 heterocycles. The summed E-state index contributed by atoms with van der Waals surface area (Å²) in [4.78, 5) is 12.9. The Hall–Kier alpha value is -2.05. The second-order valence-corrected chi connectivity index (χ2v) is 6.32. The standard InChI is InChI=1S/C17H19N3OS2/c1-13-7-5-6-10-15(13)23-12-16(21)19-20-17(22)18-11-14-8-3-2-4-9-14/h2-10H,11-12H2,1H3,(H,19,21)(H2,18,20,22). The number of amides is 1. The van der Waals surface area contributed by atoms with Crippen LogP contribution in [0.15, 0.2) is 59.5 Å². The van der Waals surface area contributed by atoms with Crippen molar-refractivity contribution < 1.29 is 4.79 Å². The van der Waals surface area contributed by atoms with Crippen molar-refractivity contribution in [3.63, 3.8) is 0 Å². The number of thiocarbonyl (C=S) groups is 1. The lowest BCUT2D eigenvalue weighted by molar-refractivity contribution is -0.119. The third-order valence-corrected chi connectivity index (χ3v) is 4.49. The molecule has 0 saturated heterocycles. The zero-order valence-corrected chi connectivity index (χ0v) is 14.5. The molecule has 0 saturated carbocycles. The van der Waals surface area contributed by atoms with Crippen LogP contribution in [-0.2, 0) is 11.3 Å². The van der Waals surface area contributed by atoms with Crippen LogP contribution in [-0.4, -0.2) is 16.8 Å². The Morgan fingerprint density at radius 3 is 2.48 bits per heavy atom. The minimum atomic E-state index is -0.123. The van der Waals surface area contributed by atoms with Crippen molar-refractivity contribution in [3.05, 3.63) is 65.7 Å². The van der Waals surface area contributed by atoms with Gasteiger partial charge in [0.15, 0.2) is 5.11 Å². The molecule has 0 fully saturated rings. The highest BCUT2D eigenvalue weighted by atomic mass is 32.2. The van der Waals surface area contributed by atoms with Gasteiger partial charge in [-0.05, 0) is 36.3 Å². The van der Waals surface area contributed by atoms with Crippen LogP contribution < -0.4 is 16.2 Å². The van der Waals surface area contributed by atoms with Gasteiger partial charge in [-0.2, -0.15) is 0 Å². The van der Waals surface area contributed by atoms with E-state index in [-0.39, 0.29) is 5.91 Å². The monoisotopic (exact) mass is 345 g/mol. The van der Waals surface area contributed by atoms with Gasteiger partial charge < -0.3 is 5.32 Å². The van der Waals surface area contributed by atoms with Crippen molar-refractivity contribution >= 4 is 35.0 Å². The molecule has 2 rings (SSSR count). The summed E-state index contributed by atoms with van der Waals surface area (Å²) in [6, 6.07) is 17.9. The summed E-state index contributed by atoms with van der Waals surface area (Å²) in [5.74, 6) is 0.209. The Morgan fingerprint density at radius 2 is 1.74 bits per heavy atom. The van der Waals surface area contributed by atoms with Crippen molar-refractivity contribution in [1.82, 2.24) is 16.2 Å². The van der Waals surface area contributed by atoms with Crippen molar-refractivity contribution in [1.29, 1.82) is 0 Å². The van der Waals surface area contributed by atoms with Crippen molar-refractivity contribution in [3.8, 4) is 0 Å². The van der Waals surface area contributed by atoms with Gasteiger partial charge in [-0.3, -0.25) is 15.6 Å². The topological polar surface area (TPSA) is 53.2 Å². The Morgan fingerprint density at radius 1 is 1.04 bits per heavy atom. The van der Waals surface area contributed by atoms with Crippen LogP contribution in [0.4, 0.5) is 0 Å². The Labute approximate surface area is 146 Å². The Kier molecular flexibility index (Phi) is 6.90. The molecule has 0 radical (unpaired) electrons. The summed E-state index contributed by atoms with van der Waals surface area (Å²) in [6.07, 6.45) is 0. The summed E-state index contributed by atoms with van der Waals surface area (Å²) < 4.78 is 0. The summed E-state index contributed by atoms with van der Waals surface area (Å²) in [7, 11) is 0. The average molecular weight is 345 g/mol. The second kappa shape index (κ2) is 9.17. The second-order valence-electron chi connectivity index (χ2n) is 4.90. The molecular formula is C17H19N3OS2. The van der Waals surface area contributed by atoms with E-state index < -0.39 is 0 Å². The van der Waals surface area contributed by atoms with Gasteiger partial charge in [0.25, 0.3) is 0 Å². The molecule has 0 unspecified atom stereocenters. The van der Waals surface area contributed by atoms with Gasteiger partial charge in [-0.25, -0.2) is 0 Å². The Bertz CT molecular complexity index is 662. The van der Waals surface area contributed by atoms with Crippen LogP contribution in [0.3, 0.4) is 0 Å². The lowest BCUT2D eigenvalue weighted by atomic mass is 10.2. The summed E-state index contributed by atoms with van der Waals surface area (Å²) in [6.45, 7) is 2.64. The predicted molar refractivity (Wildman–Crippen MR) is 99.1 cm³/mol. The molecule has 0 aliphatic carbocycles. The fraction of sp³-hybridized carbons (Fsp3) is 0.176. The molecule has 4 nitrogen and oxygen atoms in total. The van der Waals surface area contributed by atoms with Crippen LogP contribution >= 0.6 is 24.0 Å². The number of thioether (sulfide) groups is 1. The van der Waals surface area contributed by atoms with Gasteiger partial charge in [-0.15, -0.1) is 11.8 Å². The summed E-state index contributed by atoms with van der Waals surface area (Å²) in [5, 5.41) is 3.43. The fourth-order valence-electron chi connectivity index (χ4n) is 1.85. The molecule has 0 bridgehead atoms. The maximum Gasteiger partial charge on any atom is 0.248 e. The van der Waals surface area contributed by atoms with Crippen molar-refractivity contribution in [2.24, 2.45) is 0 Å². The SMILES string of the molecule is Cc1ccccc1SCC(=O)NNC(=S)NCc1ccccc1. The van der Waals surface area contributed by atoms with E-state index in [4.69, 9.17) is 12.2 Å². The zero-order valence-electron chi connectivity index (χ0n) is 12.8. The highest BCUT2D eigenvalue weighted by molar-refractivity contribution is 8.00. The molecule has 0 atom stereocenters. The van der Waals surface area contributed by atoms with Crippen molar-refractivity contribution in [2.75, 3.05) is 5.75 Å². The number of nitrogens with one attached hydrogen (secondary N) is 3. The van der Waals surface area contributed by atoms with E-state index in [2.05, 4.69) is 16.2 Å². The van der Waals surface area contributed by atoms with E-state index in [1.54, 1.807) is 0 Å². The lowest BCUT2D eigenvalue weighted by Gasteiger charge is -2.12. The smallest absolute Gasteiger partial charge is 0.248 e. The first-order valence-corrected chi connectivity index (χ1v) is 8.59.